The zero-order chi connectivity index (χ0) is 17.5. The lowest BCUT2D eigenvalue weighted by Gasteiger charge is -2.21. The van der Waals surface area contributed by atoms with E-state index in [-0.39, 0.29) is 18.9 Å². The summed E-state index contributed by atoms with van der Waals surface area (Å²) in [6.07, 6.45) is -3.46. The fourth-order valence-corrected chi connectivity index (χ4v) is 2.27. The summed E-state index contributed by atoms with van der Waals surface area (Å²) in [5.74, 6) is -0.293. The van der Waals surface area contributed by atoms with Crippen LogP contribution in [0.1, 0.15) is 43.4 Å². The maximum absolute atomic E-state index is 12.8. The zero-order valence-corrected chi connectivity index (χ0v) is 13.3. The average molecular weight is 332 g/mol. The van der Waals surface area contributed by atoms with Crippen LogP contribution in [-0.4, -0.2) is 25.7 Å². The highest BCUT2D eigenvalue weighted by Crippen LogP contribution is 2.31. The first-order valence-electron chi connectivity index (χ1n) is 7.51. The number of halogens is 3. The Hall–Kier alpha value is -1.60. The minimum absolute atomic E-state index is 0.0756. The van der Waals surface area contributed by atoms with Crippen LogP contribution in [0.2, 0.25) is 0 Å². The Morgan fingerprint density at radius 2 is 2.09 bits per heavy atom. The summed E-state index contributed by atoms with van der Waals surface area (Å²) >= 11 is 0. The number of hydrogen-bond acceptors (Lipinski definition) is 3. The lowest BCUT2D eigenvalue weighted by Crippen LogP contribution is -2.34. The molecule has 0 fully saturated rings. The Labute approximate surface area is 134 Å². The van der Waals surface area contributed by atoms with E-state index in [4.69, 9.17) is 10.5 Å². The molecule has 0 aromatic heterocycles. The van der Waals surface area contributed by atoms with Crippen molar-refractivity contribution in [1.29, 1.82) is 0 Å². The molecule has 23 heavy (non-hydrogen) atoms. The number of nitrogens with two attached hydrogens (primary N) is 1. The van der Waals surface area contributed by atoms with Gasteiger partial charge in [-0.1, -0.05) is 25.5 Å². The molecule has 0 aliphatic carbocycles. The lowest BCUT2D eigenvalue weighted by atomic mass is 9.99. The van der Waals surface area contributed by atoms with Crippen LogP contribution in [0.4, 0.5) is 13.2 Å². The molecule has 0 saturated heterocycles. The summed E-state index contributed by atoms with van der Waals surface area (Å²) in [7, 11) is 1.46. The Kier molecular flexibility index (Phi) is 7.51. The van der Waals surface area contributed by atoms with Crippen LogP contribution in [0.3, 0.4) is 0 Å². The summed E-state index contributed by atoms with van der Waals surface area (Å²) in [4.78, 5) is 12.0. The number of amides is 1. The largest absolute Gasteiger partial charge is 0.416 e. The molecule has 0 heterocycles. The summed E-state index contributed by atoms with van der Waals surface area (Å²) in [5, 5.41) is 2.77. The van der Waals surface area contributed by atoms with Crippen molar-refractivity contribution in [3.8, 4) is 0 Å². The van der Waals surface area contributed by atoms with Crippen molar-refractivity contribution in [2.45, 2.75) is 44.5 Å². The molecule has 130 valence electrons. The van der Waals surface area contributed by atoms with Crippen LogP contribution in [0.15, 0.2) is 24.3 Å². The molecule has 0 radical (unpaired) electrons. The van der Waals surface area contributed by atoms with Crippen molar-refractivity contribution < 1.29 is 22.7 Å². The van der Waals surface area contributed by atoms with Gasteiger partial charge in [0.1, 0.15) is 0 Å². The fraction of sp³-hybridized carbons (Fsp3) is 0.562. The first-order valence-corrected chi connectivity index (χ1v) is 7.51. The van der Waals surface area contributed by atoms with Gasteiger partial charge in [0.25, 0.3) is 0 Å². The van der Waals surface area contributed by atoms with Gasteiger partial charge in [-0.3, -0.25) is 4.79 Å². The summed E-state index contributed by atoms with van der Waals surface area (Å²) < 4.78 is 43.5. The van der Waals surface area contributed by atoms with Gasteiger partial charge in [-0.05, 0) is 24.1 Å². The predicted octanol–water partition coefficient (Wildman–Crippen LogP) is 3.03. The van der Waals surface area contributed by atoms with Crippen molar-refractivity contribution in [3.63, 3.8) is 0 Å². The Morgan fingerprint density at radius 3 is 2.61 bits per heavy atom. The SMILES string of the molecule is CCCC(NC(=O)CC(CN)OC)c1cccc(C(F)(F)F)c1. The number of alkyl halides is 3. The maximum Gasteiger partial charge on any atom is 0.416 e. The van der Waals surface area contributed by atoms with Crippen LogP contribution in [0.5, 0.6) is 0 Å². The van der Waals surface area contributed by atoms with Crippen LogP contribution >= 0.6 is 0 Å². The normalized spacial score (nSPS) is 14.3. The standard InChI is InChI=1S/C16H23F3N2O2/c1-3-5-14(21-15(22)9-13(10-20)23-2)11-6-4-7-12(8-11)16(17,18)19/h4,6-8,13-14H,3,5,9-10,20H2,1-2H3,(H,21,22). The molecular formula is C16H23F3N2O2. The van der Waals surface area contributed by atoms with Crippen LogP contribution in [0.25, 0.3) is 0 Å². The van der Waals surface area contributed by atoms with E-state index >= 15 is 0 Å². The highest BCUT2D eigenvalue weighted by molar-refractivity contribution is 5.77. The van der Waals surface area contributed by atoms with Gasteiger partial charge < -0.3 is 15.8 Å². The van der Waals surface area contributed by atoms with Gasteiger partial charge >= 0.3 is 6.18 Å². The molecule has 1 amide bonds. The zero-order valence-electron chi connectivity index (χ0n) is 13.3. The number of rotatable bonds is 8. The number of nitrogens with one attached hydrogen (secondary N) is 1. The molecule has 0 saturated carbocycles. The van der Waals surface area contributed by atoms with Gasteiger partial charge in [0.2, 0.25) is 5.91 Å². The van der Waals surface area contributed by atoms with Gasteiger partial charge in [0.15, 0.2) is 0 Å². The molecule has 0 aliphatic rings. The van der Waals surface area contributed by atoms with Gasteiger partial charge in [0.05, 0.1) is 24.1 Å². The third kappa shape index (κ3) is 6.19. The summed E-state index contributed by atoms with van der Waals surface area (Å²) in [5.41, 5.74) is 5.19. The molecule has 0 bridgehead atoms. The van der Waals surface area contributed by atoms with Crippen molar-refractivity contribution in [2.24, 2.45) is 5.73 Å². The molecular weight excluding hydrogens is 309 g/mol. The minimum atomic E-state index is -4.41. The molecule has 2 atom stereocenters. The number of carbonyl (C=O) groups excluding carboxylic acids is 1. The first kappa shape index (κ1) is 19.4. The average Bonchev–Trinajstić information content (AvgIpc) is 2.51. The molecule has 0 spiro atoms. The van der Waals surface area contributed by atoms with E-state index in [9.17, 15) is 18.0 Å². The molecule has 0 aliphatic heterocycles. The second kappa shape index (κ2) is 8.88. The Morgan fingerprint density at radius 1 is 1.39 bits per heavy atom. The third-order valence-corrected chi connectivity index (χ3v) is 3.54. The molecule has 1 aromatic rings. The predicted molar refractivity (Wildman–Crippen MR) is 81.7 cm³/mol. The minimum Gasteiger partial charge on any atom is -0.380 e. The van der Waals surface area contributed by atoms with E-state index in [0.717, 1.165) is 18.6 Å². The van der Waals surface area contributed by atoms with E-state index in [1.165, 1.54) is 13.2 Å². The second-order valence-corrected chi connectivity index (χ2v) is 5.33. The van der Waals surface area contributed by atoms with Gasteiger partial charge in [0, 0.05) is 13.7 Å². The first-order chi connectivity index (χ1) is 10.8. The Bertz CT molecular complexity index is 502. The number of benzene rings is 1. The molecule has 7 heteroatoms. The fourth-order valence-electron chi connectivity index (χ4n) is 2.27. The summed E-state index contributed by atoms with van der Waals surface area (Å²) in [6.45, 7) is 2.11. The highest BCUT2D eigenvalue weighted by atomic mass is 19.4. The van der Waals surface area contributed by atoms with E-state index < -0.39 is 23.9 Å². The Balaban J connectivity index is 2.88. The lowest BCUT2D eigenvalue weighted by molar-refractivity contribution is -0.137. The van der Waals surface area contributed by atoms with Gasteiger partial charge in [-0.2, -0.15) is 13.2 Å². The van der Waals surface area contributed by atoms with E-state index in [2.05, 4.69) is 5.32 Å². The van der Waals surface area contributed by atoms with Crippen LogP contribution in [-0.2, 0) is 15.7 Å². The van der Waals surface area contributed by atoms with E-state index in [1.807, 2.05) is 6.92 Å². The quantitative estimate of drug-likeness (QED) is 0.769. The topological polar surface area (TPSA) is 64.4 Å². The maximum atomic E-state index is 12.8. The number of carbonyl (C=O) groups is 1. The summed E-state index contributed by atoms with van der Waals surface area (Å²) in [6, 6.07) is 4.57. The molecule has 1 aromatic carbocycles. The van der Waals surface area contributed by atoms with Crippen molar-refractivity contribution in [1.82, 2.24) is 5.32 Å². The van der Waals surface area contributed by atoms with Crippen LogP contribution < -0.4 is 11.1 Å². The van der Waals surface area contributed by atoms with Gasteiger partial charge in [-0.25, -0.2) is 0 Å². The molecule has 3 N–H and O–H groups in total. The molecule has 2 unspecified atom stereocenters. The molecule has 1 rings (SSSR count). The van der Waals surface area contributed by atoms with Crippen molar-refractivity contribution in [3.05, 3.63) is 35.4 Å². The van der Waals surface area contributed by atoms with Crippen LogP contribution in [0, 0.1) is 0 Å². The molecule has 4 nitrogen and oxygen atoms in total. The third-order valence-electron chi connectivity index (χ3n) is 3.54. The van der Waals surface area contributed by atoms with Crippen molar-refractivity contribution >= 4 is 5.91 Å². The monoisotopic (exact) mass is 332 g/mol. The highest BCUT2D eigenvalue weighted by Gasteiger charge is 2.31. The number of ether oxygens (including phenoxy) is 1. The number of hydrogen-bond donors (Lipinski definition) is 2. The smallest absolute Gasteiger partial charge is 0.380 e. The van der Waals surface area contributed by atoms with E-state index in [1.54, 1.807) is 6.07 Å². The van der Waals surface area contributed by atoms with Crippen molar-refractivity contribution in [2.75, 3.05) is 13.7 Å². The second-order valence-electron chi connectivity index (χ2n) is 5.33. The number of methoxy groups -OCH3 is 1. The van der Waals surface area contributed by atoms with E-state index in [0.29, 0.717) is 12.0 Å². The van der Waals surface area contributed by atoms with Gasteiger partial charge in [-0.15, -0.1) is 0 Å².